The molecule has 0 aliphatic carbocycles. The van der Waals surface area contributed by atoms with Gasteiger partial charge in [-0.05, 0) is 12.1 Å². The largest absolute Gasteiger partial charge is 0.508 e. The van der Waals surface area contributed by atoms with Crippen LogP contribution in [0.2, 0.25) is 0 Å². The molecule has 0 atom stereocenters. The number of benzene rings is 1. The smallest absolute Gasteiger partial charge is 0.121 e. The second kappa shape index (κ2) is 3.71. The molecule has 0 saturated heterocycles. The number of halogens is 1. The van der Waals surface area contributed by atoms with Gasteiger partial charge in [0.1, 0.15) is 5.75 Å². The van der Waals surface area contributed by atoms with Crippen LogP contribution < -0.4 is 5.48 Å². The average Bonchev–Trinajstić information content (AvgIpc) is 1.97. The summed E-state index contributed by atoms with van der Waals surface area (Å²) >= 11 is 3.24. The summed E-state index contributed by atoms with van der Waals surface area (Å²) in [6.45, 7) is 0.229. The van der Waals surface area contributed by atoms with E-state index in [-0.39, 0.29) is 12.3 Å². The van der Waals surface area contributed by atoms with Gasteiger partial charge < -0.3 is 10.3 Å². The van der Waals surface area contributed by atoms with Crippen molar-refractivity contribution in [3.05, 3.63) is 28.2 Å². The van der Waals surface area contributed by atoms with Gasteiger partial charge in [0.05, 0.1) is 6.54 Å². The Morgan fingerprint density at radius 1 is 1.45 bits per heavy atom. The van der Waals surface area contributed by atoms with Crippen LogP contribution in [-0.2, 0) is 6.54 Å². The highest BCUT2D eigenvalue weighted by atomic mass is 79.9. The fourth-order valence-corrected chi connectivity index (χ4v) is 1.30. The highest BCUT2D eigenvalue weighted by Crippen LogP contribution is 2.24. The number of rotatable bonds is 2. The third kappa shape index (κ3) is 1.92. The highest BCUT2D eigenvalue weighted by molar-refractivity contribution is 9.10. The Morgan fingerprint density at radius 2 is 2.18 bits per heavy atom. The van der Waals surface area contributed by atoms with Gasteiger partial charge in [-0.3, -0.25) is 0 Å². The molecule has 0 saturated carbocycles. The number of hydroxylamine groups is 1. The minimum Gasteiger partial charge on any atom is -0.508 e. The van der Waals surface area contributed by atoms with Crippen molar-refractivity contribution < 1.29 is 10.3 Å². The molecule has 4 heteroatoms. The first-order valence-electron chi connectivity index (χ1n) is 3.09. The Bertz CT molecular complexity index is 232. The van der Waals surface area contributed by atoms with Gasteiger partial charge in [0, 0.05) is 10.0 Å². The first-order valence-corrected chi connectivity index (χ1v) is 3.88. The monoisotopic (exact) mass is 217 g/mol. The van der Waals surface area contributed by atoms with Crippen LogP contribution >= 0.6 is 15.9 Å². The van der Waals surface area contributed by atoms with Gasteiger partial charge in [-0.2, -0.15) is 0 Å². The number of hydrogen-bond donors (Lipinski definition) is 3. The van der Waals surface area contributed by atoms with Crippen molar-refractivity contribution in [3.8, 4) is 5.75 Å². The Morgan fingerprint density at radius 3 is 2.73 bits per heavy atom. The van der Waals surface area contributed by atoms with Crippen LogP contribution in [0.4, 0.5) is 0 Å². The molecule has 1 aromatic carbocycles. The van der Waals surface area contributed by atoms with E-state index in [4.69, 9.17) is 5.21 Å². The Hall–Kier alpha value is -0.580. The molecular weight excluding hydrogens is 210 g/mol. The van der Waals surface area contributed by atoms with E-state index >= 15 is 0 Å². The van der Waals surface area contributed by atoms with Crippen molar-refractivity contribution in [2.75, 3.05) is 0 Å². The molecule has 0 aromatic heterocycles. The summed E-state index contributed by atoms with van der Waals surface area (Å²) in [5.41, 5.74) is 2.62. The minimum absolute atomic E-state index is 0.168. The molecule has 60 valence electrons. The maximum Gasteiger partial charge on any atom is 0.121 e. The quantitative estimate of drug-likeness (QED) is 0.661. The molecule has 0 heterocycles. The number of aromatic hydroxyl groups is 1. The van der Waals surface area contributed by atoms with Crippen LogP contribution in [0.25, 0.3) is 0 Å². The summed E-state index contributed by atoms with van der Waals surface area (Å²) in [7, 11) is 0. The third-order valence-corrected chi connectivity index (χ3v) is 2.09. The lowest BCUT2D eigenvalue weighted by molar-refractivity contribution is 0.160. The van der Waals surface area contributed by atoms with Gasteiger partial charge in [-0.1, -0.05) is 22.0 Å². The Balaban J connectivity index is 3.00. The maximum atomic E-state index is 9.24. The highest BCUT2D eigenvalue weighted by Gasteiger charge is 2.03. The molecule has 0 aliphatic rings. The molecule has 0 amide bonds. The van der Waals surface area contributed by atoms with Crippen molar-refractivity contribution in [1.29, 1.82) is 0 Å². The van der Waals surface area contributed by atoms with Crippen LogP contribution in [0.3, 0.4) is 0 Å². The molecule has 1 aromatic rings. The zero-order chi connectivity index (χ0) is 8.27. The predicted octanol–water partition coefficient (Wildman–Crippen LogP) is 1.63. The molecule has 0 bridgehead atoms. The SMILES string of the molecule is ONCc1c(O)cccc1Br. The lowest BCUT2D eigenvalue weighted by Gasteiger charge is -2.04. The second-order valence-electron chi connectivity index (χ2n) is 2.07. The summed E-state index contributed by atoms with van der Waals surface area (Å²) in [5.74, 6) is 0.168. The molecule has 0 unspecified atom stereocenters. The molecule has 3 N–H and O–H groups in total. The van der Waals surface area contributed by atoms with Crippen molar-refractivity contribution >= 4 is 15.9 Å². The van der Waals surface area contributed by atoms with Gasteiger partial charge in [0.25, 0.3) is 0 Å². The molecule has 0 radical (unpaired) electrons. The van der Waals surface area contributed by atoms with Crippen LogP contribution in [-0.4, -0.2) is 10.3 Å². The van der Waals surface area contributed by atoms with E-state index in [0.29, 0.717) is 5.56 Å². The topological polar surface area (TPSA) is 52.5 Å². The predicted molar refractivity (Wildman–Crippen MR) is 44.4 cm³/mol. The van der Waals surface area contributed by atoms with E-state index in [1.807, 2.05) is 5.48 Å². The number of phenolic OH excluding ortho intramolecular Hbond substituents is 1. The minimum atomic E-state index is 0.168. The molecule has 0 spiro atoms. The van der Waals surface area contributed by atoms with Crippen LogP contribution in [0.1, 0.15) is 5.56 Å². The van der Waals surface area contributed by atoms with Crippen molar-refractivity contribution in [2.45, 2.75) is 6.54 Å². The average molecular weight is 218 g/mol. The molecule has 1 rings (SSSR count). The molecule has 0 aliphatic heterocycles. The summed E-state index contributed by atoms with van der Waals surface area (Å²) in [6.07, 6.45) is 0. The lowest BCUT2D eigenvalue weighted by atomic mass is 10.2. The molecule has 0 fully saturated rings. The summed E-state index contributed by atoms with van der Waals surface area (Å²) < 4.78 is 0.777. The van der Waals surface area contributed by atoms with Gasteiger partial charge in [-0.15, -0.1) is 0 Å². The maximum absolute atomic E-state index is 9.24. The van der Waals surface area contributed by atoms with E-state index in [1.165, 1.54) is 0 Å². The summed E-state index contributed by atoms with van der Waals surface area (Å²) in [6, 6.07) is 5.09. The number of nitrogens with one attached hydrogen (secondary N) is 1. The number of hydrogen-bond acceptors (Lipinski definition) is 3. The Labute approximate surface area is 72.8 Å². The second-order valence-corrected chi connectivity index (χ2v) is 2.93. The van der Waals surface area contributed by atoms with Gasteiger partial charge >= 0.3 is 0 Å². The molecule has 11 heavy (non-hydrogen) atoms. The van der Waals surface area contributed by atoms with Crippen molar-refractivity contribution in [1.82, 2.24) is 5.48 Å². The standard InChI is InChI=1S/C7H8BrNO2/c8-6-2-1-3-7(10)5(6)4-9-11/h1-3,9-11H,4H2. The van der Waals surface area contributed by atoms with E-state index in [0.717, 1.165) is 4.47 Å². The molecule has 3 nitrogen and oxygen atoms in total. The van der Waals surface area contributed by atoms with Crippen LogP contribution in [0, 0.1) is 0 Å². The van der Waals surface area contributed by atoms with Crippen molar-refractivity contribution in [3.63, 3.8) is 0 Å². The van der Waals surface area contributed by atoms with Gasteiger partial charge in [-0.25, -0.2) is 5.48 Å². The van der Waals surface area contributed by atoms with E-state index < -0.39 is 0 Å². The van der Waals surface area contributed by atoms with Gasteiger partial charge in [0.15, 0.2) is 0 Å². The van der Waals surface area contributed by atoms with E-state index in [1.54, 1.807) is 18.2 Å². The first-order chi connectivity index (χ1) is 5.25. The number of phenols is 1. The van der Waals surface area contributed by atoms with Crippen molar-refractivity contribution in [2.24, 2.45) is 0 Å². The van der Waals surface area contributed by atoms with Gasteiger partial charge in [0.2, 0.25) is 0 Å². The Kier molecular flexibility index (Phi) is 2.87. The normalized spacial score (nSPS) is 10.0. The fraction of sp³-hybridized carbons (Fsp3) is 0.143. The molecular formula is C7H8BrNO2. The van der Waals surface area contributed by atoms with Crippen LogP contribution in [0.5, 0.6) is 5.75 Å². The van der Waals surface area contributed by atoms with E-state index in [9.17, 15) is 5.11 Å². The summed E-state index contributed by atoms with van der Waals surface area (Å²) in [4.78, 5) is 0. The first kappa shape index (κ1) is 8.52. The lowest BCUT2D eigenvalue weighted by Crippen LogP contribution is -2.06. The van der Waals surface area contributed by atoms with Crippen LogP contribution in [0.15, 0.2) is 22.7 Å². The third-order valence-electron chi connectivity index (χ3n) is 1.35. The summed E-state index contributed by atoms with van der Waals surface area (Å²) in [5, 5.41) is 17.6. The zero-order valence-corrected chi connectivity index (χ0v) is 7.30. The zero-order valence-electron chi connectivity index (χ0n) is 5.71. The van der Waals surface area contributed by atoms with E-state index in [2.05, 4.69) is 15.9 Å². The fourth-order valence-electron chi connectivity index (χ4n) is 0.801.